The van der Waals surface area contributed by atoms with Crippen LogP contribution in [0, 0.1) is 0 Å². The van der Waals surface area contributed by atoms with E-state index in [-0.39, 0.29) is 5.91 Å². The van der Waals surface area contributed by atoms with Gasteiger partial charge in [0.1, 0.15) is 5.82 Å². The molecule has 2 fully saturated rings. The molecular formula is C22H34N6O. The summed E-state index contributed by atoms with van der Waals surface area (Å²) in [7, 11) is 4.25. The van der Waals surface area contributed by atoms with Gasteiger partial charge in [-0.2, -0.15) is 5.10 Å². The lowest BCUT2D eigenvalue weighted by atomic mass is 9.95. The van der Waals surface area contributed by atoms with Gasteiger partial charge in [0, 0.05) is 44.2 Å². The Labute approximate surface area is 173 Å². The summed E-state index contributed by atoms with van der Waals surface area (Å²) in [6.07, 6.45) is 11.4. The van der Waals surface area contributed by atoms with E-state index in [1.54, 1.807) is 0 Å². The first-order valence-electron chi connectivity index (χ1n) is 11.1. The number of nitrogens with one attached hydrogen (secondary N) is 2. The van der Waals surface area contributed by atoms with E-state index in [9.17, 15) is 4.79 Å². The van der Waals surface area contributed by atoms with Gasteiger partial charge in [0.25, 0.3) is 0 Å². The molecule has 158 valence electrons. The molecule has 0 spiro atoms. The molecule has 0 bridgehead atoms. The maximum absolute atomic E-state index is 12.8. The van der Waals surface area contributed by atoms with Crippen LogP contribution in [-0.2, 0) is 11.2 Å². The first kappa shape index (κ1) is 20.1. The van der Waals surface area contributed by atoms with Crippen LogP contribution in [0.1, 0.15) is 57.1 Å². The highest BCUT2D eigenvalue weighted by Crippen LogP contribution is 2.28. The molecule has 7 nitrogen and oxygen atoms in total. The van der Waals surface area contributed by atoms with Gasteiger partial charge in [-0.25, -0.2) is 4.98 Å². The standard InChI is InChI=1S/C22H34N6O/c1-27(2)17-11-14-28(15-12-17)20(29)9-8-18-21-19(26-25-18)10-13-23-22(21)24-16-6-4-3-5-7-16/h10,13,16-17H,3-9,11-12,14-15H2,1-2H3,(H,23,24)(H,25,26). The van der Waals surface area contributed by atoms with Crippen molar-refractivity contribution in [3.05, 3.63) is 18.0 Å². The molecule has 4 rings (SSSR count). The van der Waals surface area contributed by atoms with Crippen LogP contribution in [0.3, 0.4) is 0 Å². The van der Waals surface area contributed by atoms with Crippen molar-refractivity contribution in [1.82, 2.24) is 25.0 Å². The van der Waals surface area contributed by atoms with Crippen LogP contribution in [-0.4, -0.2) is 70.2 Å². The minimum absolute atomic E-state index is 0.240. The van der Waals surface area contributed by atoms with Crippen molar-refractivity contribution >= 4 is 22.6 Å². The molecule has 2 N–H and O–H groups in total. The van der Waals surface area contributed by atoms with E-state index in [1.807, 2.05) is 17.2 Å². The average Bonchev–Trinajstić information content (AvgIpc) is 3.17. The normalized spacial score (nSPS) is 19.2. The zero-order valence-corrected chi connectivity index (χ0v) is 17.8. The Morgan fingerprint density at radius 3 is 2.69 bits per heavy atom. The van der Waals surface area contributed by atoms with Gasteiger partial charge in [0.05, 0.1) is 16.6 Å². The summed E-state index contributed by atoms with van der Waals surface area (Å²) in [4.78, 5) is 21.6. The second-order valence-corrected chi connectivity index (χ2v) is 8.81. The fourth-order valence-corrected chi connectivity index (χ4v) is 4.78. The maximum atomic E-state index is 12.8. The number of piperidine rings is 1. The molecule has 1 aliphatic heterocycles. The number of rotatable bonds is 6. The summed E-state index contributed by atoms with van der Waals surface area (Å²) >= 11 is 0. The number of aromatic nitrogens is 3. The van der Waals surface area contributed by atoms with Crippen LogP contribution in [0.25, 0.3) is 10.9 Å². The van der Waals surface area contributed by atoms with Crippen LogP contribution < -0.4 is 5.32 Å². The van der Waals surface area contributed by atoms with Crippen LogP contribution in [0.5, 0.6) is 0 Å². The number of hydrogen-bond donors (Lipinski definition) is 2. The van der Waals surface area contributed by atoms with Crippen LogP contribution >= 0.6 is 0 Å². The maximum Gasteiger partial charge on any atom is 0.222 e. The molecule has 1 aliphatic carbocycles. The molecule has 0 atom stereocenters. The third kappa shape index (κ3) is 4.71. The van der Waals surface area contributed by atoms with E-state index < -0.39 is 0 Å². The van der Waals surface area contributed by atoms with Crippen LogP contribution in [0.2, 0.25) is 0 Å². The van der Waals surface area contributed by atoms with Gasteiger partial charge in [0.15, 0.2) is 0 Å². The van der Waals surface area contributed by atoms with Gasteiger partial charge in [-0.15, -0.1) is 0 Å². The number of fused-ring (bicyclic) bond motifs is 1. The third-order valence-electron chi connectivity index (χ3n) is 6.62. The Morgan fingerprint density at radius 2 is 1.97 bits per heavy atom. The number of pyridine rings is 1. The Morgan fingerprint density at radius 1 is 1.21 bits per heavy atom. The zero-order chi connectivity index (χ0) is 20.2. The van der Waals surface area contributed by atoms with Gasteiger partial charge >= 0.3 is 0 Å². The number of carbonyl (C=O) groups excluding carboxylic acids is 1. The minimum atomic E-state index is 0.240. The van der Waals surface area contributed by atoms with Gasteiger partial charge in [-0.05, 0) is 45.8 Å². The number of amides is 1. The Kier molecular flexibility index (Phi) is 6.33. The van der Waals surface area contributed by atoms with Crippen molar-refractivity contribution in [1.29, 1.82) is 0 Å². The average molecular weight is 399 g/mol. The number of anilines is 1. The number of aryl methyl sites for hydroxylation is 1. The summed E-state index contributed by atoms with van der Waals surface area (Å²) in [6, 6.07) is 3.05. The predicted octanol–water partition coefficient (Wildman–Crippen LogP) is 3.19. The molecular weight excluding hydrogens is 364 g/mol. The van der Waals surface area contributed by atoms with Gasteiger partial charge < -0.3 is 15.1 Å². The molecule has 0 radical (unpaired) electrons. The van der Waals surface area contributed by atoms with E-state index >= 15 is 0 Å². The highest BCUT2D eigenvalue weighted by Gasteiger charge is 2.24. The second-order valence-electron chi connectivity index (χ2n) is 8.81. The molecule has 0 unspecified atom stereocenters. The summed E-state index contributed by atoms with van der Waals surface area (Å²) in [6.45, 7) is 1.72. The summed E-state index contributed by atoms with van der Waals surface area (Å²) in [5.74, 6) is 1.15. The number of carbonyl (C=O) groups is 1. The van der Waals surface area contributed by atoms with Crippen molar-refractivity contribution < 1.29 is 4.79 Å². The van der Waals surface area contributed by atoms with E-state index in [4.69, 9.17) is 0 Å². The Hall–Kier alpha value is -2.15. The van der Waals surface area contributed by atoms with E-state index in [1.165, 1.54) is 32.1 Å². The SMILES string of the molecule is CN(C)C1CCN(C(=O)CCc2n[nH]c3ccnc(NC4CCCCC4)c23)CC1. The van der Waals surface area contributed by atoms with Gasteiger partial charge in [0.2, 0.25) is 5.91 Å². The van der Waals surface area contributed by atoms with E-state index in [2.05, 4.69) is 39.5 Å². The Bertz CT molecular complexity index is 818. The zero-order valence-electron chi connectivity index (χ0n) is 17.8. The first-order valence-corrected chi connectivity index (χ1v) is 11.1. The highest BCUT2D eigenvalue weighted by atomic mass is 16.2. The summed E-state index contributed by atoms with van der Waals surface area (Å²) in [5, 5.41) is 12.3. The third-order valence-corrected chi connectivity index (χ3v) is 6.62. The lowest BCUT2D eigenvalue weighted by molar-refractivity contribution is -0.132. The van der Waals surface area contributed by atoms with E-state index in [0.717, 1.165) is 48.3 Å². The predicted molar refractivity (Wildman–Crippen MR) is 116 cm³/mol. The quantitative estimate of drug-likeness (QED) is 0.781. The van der Waals surface area contributed by atoms with E-state index in [0.29, 0.717) is 24.9 Å². The fourth-order valence-electron chi connectivity index (χ4n) is 4.78. The molecule has 1 saturated carbocycles. The smallest absolute Gasteiger partial charge is 0.222 e. The van der Waals surface area contributed by atoms with Crippen LogP contribution in [0.15, 0.2) is 12.3 Å². The summed E-state index contributed by atoms with van der Waals surface area (Å²) < 4.78 is 0. The fraction of sp³-hybridized carbons (Fsp3) is 0.682. The number of H-pyrrole nitrogens is 1. The van der Waals surface area contributed by atoms with Crippen molar-refractivity contribution in [2.75, 3.05) is 32.5 Å². The largest absolute Gasteiger partial charge is 0.367 e. The molecule has 7 heteroatoms. The molecule has 1 saturated heterocycles. The lowest BCUT2D eigenvalue weighted by Crippen LogP contribution is -2.44. The number of likely N-dealkylation sites (tertiary alicyclic amines) is 1. The molecule has 2 aromatic heterocycles. The monoisotopic (exact) mass is 398 g/mol. The van der Waals surface area contributed by atoms with Crippen molar-refractivity contribution in [2.45, 2.75) is 69.9 Å². The van der Waals surface area contributed by atoms with Gasteiger partial charge in [-0.1, -0.05) is 19.3 Å². The minimum Gasteiger partial charge on any atom is -0.367 e. The molecule has 2 aromatic rings. The molecule has 3 heterocycles. The highest BCUT2D eigenvalue weighted by molar-refractivity contribution is 5.92. The van der Waals surface area contributed by atoms with Crippen molar-refractivity contribution in [3.8, 4) is 0 Å². The first-order chi connectivity index (χ1) is 14.1. The lowest BCUT2D eigenvalue weighted by Gasteiger charge is -2.35. The number of aromatic amines is 1. The topological polar surface area (TPSA) is 77.2 Å². The molecule has 0 aromatic carbocycles. The van der Waals surface area contributed by atoms with Gasteiger partial charge in [-0.3, -0.25) is 9.89 Å². The number of nitrogens with zero attached hydrogens (tertiary/aromatic N) is 4. The van der Waals surface area contributed by atoms with Crippen molar-refractivity contribution in [3.63, 3.8) is 0 Å². The summed E-state index contributed by atoms with van der Waals surface area (Å²) in [5.41, 5.74) is 1.94. The van der Waals surface area contributed by atoms with Crippen LogP contribution in [0.4, 0.5) is 5.82 Å². The molecule has 29 heavy (non-hydrogen) atoms. The Balaban J connectivity index is 1.40. The molecule has 2 aliphatic rings. The van der Waals surface area contributed by atoms with Crippen molar-refractivity contribution in [2.24, 2.45) is 0 Å². The number of hydrogen-bond acceptors (Lipinski definition) is 5. The second kappa shape index (κ2) is 9.11. The molecule has 1 amide bonds.